The van der Waals surface area contributed by atoms with Gasteiger partial charge in [-0.15, -0.1) is 0 Å². The van der Waals surface area contributed by atoms with Crippen molar-refractivity contribution >= 4 is 46.2 Å². The largest absolute Gasteiger partial charge is 0.497 e. The molecule has 10 heteroatoms. The number of aromatic amines is 1. The minimum atomic E-state index is 0.414. The van der Waals surface area contributed by atoms with E-state index in [0.717, 1.165) is 41.5 Å². The molecule has 2 aromatic carbocycles. The molecular weight excluding hydrogens is 460 g/mol. The molecule has 1 aliphatic rings. The molecule has 2 N–H and O–H groups in total. The summed E-state index contributed by atoms with van der Waals surface area (Å²) in [6.45, 7) is 2.27. The topological polar surface area (TPSA) is 88.2 Å². The highest BCUT2D eigenvalue weighted by molar-refractivity contribution is 7.99. The summed E-state index contributed by atoms with van der Waals surface area (Å²) in [6, 6.07) is 15.0. The number of anilines is 2. The molecule has 2 aromatic heterocycles. The molecule has 0 saturated carbocycles. The predicted octanol–water partition coefficient (Wildman–Crippen LogP) is 4.97. The molecule has 1 fully saturated rings. The van der Waals surface area contributed by atoms with E-state index < -0.39 is 0 Å². The summed E-state index contributed by atoms with van der Waals surface area (Å²) in [7, 11) is 1.60. The number of methoxy groups -OCH3 is 1. The standard InChI is InChI=1S/C23H23ClN6O2S/c1-31-15-6-7-19(16(24)12-15)32-22-13-20(28-23(29-22)30-8-10-33-11-9-30)25-14-21-26-17-4-2-3-5-18(17)27-21/h2-7,12-13H,8-11,14H2,1H3,(H,26,27)(H,25,28,29). The lowest BCUT2D eigenvalue weighted by Crippen LogP contribution is -2.34. The Hall–Kier alpha value is -3.17. The molecule has 1 saturated heterocycles. The highest BCUT2D eigenvalue weighted by Gasteiger charge is 2.17. The van der Waals surface area contributed by atoms with Crippen molar-refractivity contribution in [3.05, 3.63) is 59.4 Å². The van der Waals surface area contributed by atoms with Crippen LogP contribution in [0.25, 0.3) is 11.0 Å². The molecule has 33 heavy (non-hydrogen) atoms. The average molecular weight is 483 g/mol. The van der Waals surface area contributed by atoms with Gasteiger partial charge in [-0.2, -0.15) is 21.7 Å². The number of nitrogens with zero attached hydrogens (tertiary/aromatic N) is 4. The third-order valence-corrected chi connectivity index (χ3v) is 6.45. The van der Waals surface area contributed by atoms with E-state index in [1.165, 1.54) is 0 Å². The van der Waals surface area contributed by atoms with Crippen molar-refractivity contribution in [2.75, 3.05) is 41.9 Å². The lowest BCUT2D eigenvalue weighted by Gasteiger charge is -2.27. The normalized spacial score (nSPS) is 13.8. The molecule has 0 atom stereocenters. The number of imidazole rings is 1. The van der Waals surface area contributed by atoms with Crippen molar-refractivity contribution < 1.29 is 9.47 Å². The van der Waals surface area contributed by atoms with Crippen LogP contribution in [-0.2, 0) is 6.54 Å². The summed E-state index contributed by atoms with van der Waals surface area (Å²) < 4.78 is 11.3. The van der Waals surface area contributed by atoms with E-state index in [0.29, 0.717) is 40.7 Å². The van der Waals surface area contributed by atoms with E-state index in [2.05, 4.69) is 25.2 Å². The Kier molecular flexibility index (Phi) is 6.41. The van der Waals surface area contributed by atoms with Crippen molar-refractivity contribution in [2.24, 2.45) is 0 Å². The number of H-pyrrole nitrogens is 1. The number of nitrogens with one attached hydrogen (secondary N) is 2. The maximum atomic E-state index is 6.38. The van der Waals surface area contributed by atoms with Crippen molar-refractivity contribution in [1.29, 1.82) is 0 Å². The van der Waals surface area contributed by atoms with Crippen LogP contribution in [-0.4, -0.2) is 51.6 Å². The first-order valence-corrected chi connectivity index (χ1v) is 12.1. The minimum Gasteiger partial charge on any atom is -0.497 e. The Balaban J connectivity index is 1.40. The summed E-state index contributed by atoms with van der Waals surface area (Å²) in [5.74, 6) is 5.77. The Morgan fingerprint density at radius 1 is 1.09 bits per heavy atom. The fraction of sp³-hybridized carbons (Fsp3) is 0.261. The van der Waals surface area contributed by atoms with Crippen LogP contribution in [0.4, 0.5) is 11.8 Å². The van der Waals surface area contributed by atoms with Crippen LogP contribution in [0.15, 0.2) is 48.5 Å². The summed E-state index contributed by atoms with van der Waals surface area (Å²) in [4.78, 5) is 19.5. The van der Waals surface area contributed by atoms with Crippen LogP contribution >= 0.6 is 23.4 Å². The highest BCUT2D eigenvalue weighted by atomic mass is 35.5. The first-order valence-electron chi connectivity index (χ1n) is 10.6. The van der Waals surface area contributed by atoms with Crippen LogP contribution in [0.3, 0.4) is 0 Å². The van der Waals surface area contributed by atoms with Gasteiger partial charge in [-0.1, -0.05) is 23.7 Å². The van der Waals surface area contributed by atoms with Gasteiger partial charge in [0.25, 0.3) is 0 Å². The van der Waals surface area contributed by atoms with E-state index in [4.69, 9.17) is 26.1 Å². The van der Waals surface area contributed by atoms with Crippen LogP contribution in [0, 0.1) is 0 Å². The van der Waals surface area contributed by atoms with E-state index in [9.17, 15) is 0 Å². The van der Waals surface area contributed by atoms with Gasteiger partial charge in [-0.3, -0.25) is 0 Å². The number of fused-ring (bicyclic) bond motifs is 1. The number of hydrogen-bond acceptors (Lipinski definition) is 8. The number of aromatic nitrogens is 4. The maximum Gasteiger partial charge on any atom is 0.230 e. The van der Waals surface area contributed by atoms with Crippen LogP contribution < -0.4 is 19.7 Å². The van der Waals surface area contributed by atoms with Crippen molar-refractivity contribution in [3.63, 3.8) is 0 Å². The fourth-order valence-corrected chi connectivity index (χ4v) is 4.64. The van der Waals surface area contributed by atoms with Gasteiger partial charge in [0.1, 0.15) is 23.1 Å². The van der Waals surface area contributed by atoms with Gasteiger partial charge in [0.05, 0.1) is 29.7 Å². The van der Waals surface area contributed by atoms with Gasteiger partial charge in [0.15, 0.2) is 0 Å². The minimum absolute atomic E-state index is 0.414. The summed E-state index contributed by atoms with van der Waals surface area (Å²) in [6.07, 6.45) is 0. The third-order valence-electron chi connectivity index (χ3n) is 5.21. The number of rotatable bonds is 7. The Morgan fingerprint density at radius 3 is 2.73 bits per heavy atom. The van der Waals surface area contributed by atoms with Crippen LogP contribution in [0.1, 0.15) is 5.82 Å². The van der Waals surface area contributed by atoms with Crippen LogP contribution in [0.2, 0.25) is 5.02 Å². The molecule has 8 nitrogen and oxygen atoms in total. The first kappa shape index (κ1) is 21.7. The molecule has 5 rings (SSSR count). The molecular formula is C23H23ClN6O2S. The second-order valence-electron chi connectivity index (χ2n) is 7.44. The SMILES string of the molecule is COc1ccc(Oc2cc(NCc3nc4ccccc4[nH]3)nc(N3CCSCC3)n2)c(Cl)c1. The number of para-hydroxylation sites is 2. The molecule has 0 bridgehead atoms. The lowest BCUT2D eigenvalue weighted by atomic mass is 10.3. The van der Waals surface area contributed by atoms with Crippen LogP contribution in [0.5, 0.6) is 17.4 Å². The summed E-state index contributed by atoms with van der Waals surface area (Å²) >= 11 is 8.31. The predicted molar refractivity (Wildman–Crippen MR) is 133 cm³/mol. The Morgan fingerprint density at radius 2 is 1.94 bits per heavy atom. The monoisotopic (exact) mass is 482 g/mol. The summed E-state index contributed by atoms with van der Waals surface area (Å²) in [5, 5.41) is 3.80. The van der Waals surface area contributed by atoms with Crippen molar-refractivity contribution in [1.82, 2.24) is 19.9 Å². The molecule has 0 spiro atoms. The number of thioether (sulfide) groups is 1. The summed E-state index contributed by atoms with van der Waals surface area (Å²) in [5.41, 5.74) is 1.93. The molecule has 0 aliphatic carbocycles. The van der Waals surface area contributed by atoms with Gasteiger partial charge < -0.3 is 24.7 Å². The number of ether oxygens (including phenoxy) is 2. The van der Waals surface area contributed by atoms with Crippen molar-refractivity contribution in [3.8, 4) is 17.4 Å². The molecule has 0 radical (unpaired) electrons. The second-order valence-corrected chi connectivity index (χ2v) is 9.08. The molecule has 4 aromatic rings. The maximum absolute atomic E-state index is 6.38. The third kappa shape index (κ3) is 5.09. The molecule has 0 amide bonds. The molecule has 1 aliphatic heterocycles. The zero-order valence-electron chi connectivity index (χ0n) is 18.0. The zero-order valence-corrected chi connectivity index (χ0v) is 19.6. The lowest BCUT2D eigenvalue weighted by molar-refractivity contribution is 0.412. The second kappa shape index (κ2) is 9.76. The molecule has 170 valence electrons. The molecule has 3 heterocycles. The van der Waals surface area contributed by atoms with Crippen molar-refractivity contribution in [2.45, 2.75) is 6.54 Å². The Bertz CT molecular complexity index is 1230. The molecule has 0 unspecified atom stereocenters. The number of hydrogen-bond donors (Lipinski definition) is 2. The average Bonchev–Trinajstić information content (AvgIpc) is 3.27. The quantitative estimate of drug-likeness (QED) is 0.381. The number of benzene rings is 2. The van der Waals surface area contributed by atoms with Gasteiger partial charge >= 0.3 is 0 Å². The Labute approximate surface area is 200 Å². The van der Waals surface area contributed by atoms with E-state index >= 15 is 0 Å². The smallest absolute Gasteiger partial charge is 0.230 e. The fourth-order valence-electron chi connectivity index (χ4n) is 3.53. The zero-order chi connectivity index (χ0) is 22.6. The van der Waals surface area contributed by atoms with Gasteiger partial charge in [0, 0.05) is 36.7 Å². The van der Waals surface area contributed by atoms with E-state index in [1.807, 2.05) is 36.0 Å². The number of halogens is 1. The van der Waals surface area contributed by atoms with Gasteiger partial charge in [-0.05, 0) is 24.3 Å². The van der Waals surface area contributed by atoms with E-state index in [-0.39, 0.29) is 0 Å². The van der Waals surface area contributed by atoms with Gasteiger partial charge in [-0.25, -0.2) is 4.98 Å². The van der Waals surface area contributed by atoms with E-state index in [1.54, 1.807) is 31.4 Å². The van der Waals surface area contributed by atoms with Gasteiger partial charge in [0.2, 0.25) is 11.8 Å². The highest BCUT2D eigenvalue weighted by Crippen LogP contribution is 2.33. The first-order chi connectivity index (χ1) is 16.2.